The van der Waals surface area contributed by atoms with Crippen LogP contribution in [0.4, 0.5) is 0 Å². The summed E-state index contributed by atoms with van der Waals surface area (Å²) in [6.07, 6.45) is 0.00443. The highest BCUT2D eigenvalue weighted by Crippen LogP contribution is 2.29. The van der Waals surface area contributed by atoms with Crippen molar-refractivity contribution in [1.29, 1.82) is 0 Å². The van der Waals surface area contributed by atoms with Gasteiger partial charge in [0.2, 0.25) is 0 Å². The standard InChI is InChI=1S/C18H16ClNO2/c1-12-15(10-18(21)22)16-9-14(19)7-8-17(16)20(12)11-13-5-3-2-4-6-13/h2-9H,10-11H2,1H3,(H,21,22). The molecule has 0 atom stereocenters. The maximum atomic E-state index is 11.2. The minimum Gasteiger partial charge on any atom is -0.481 e. The predicted molar refractivity (Wildman–Crippen MR) is 88.6 cm³/mol. The highest BCUT2D eigenvalue weighted by molar-refractivity contribution is 6.31. The molecule has 0 saturated heterocycles. The van der Waals surface area contributed by atoms with Crippen LogP contribution < -0.4 is 0 Å². The van der Waals surface area contributed by atoms with Gasteiger partial charge in [0.05, 0.1) is 6.42 Å². The molecule has 22 heavy (non-hydrogen) atoms. The number of carbonyl (C=O) groups is 1. The Hall–Kier alpha value is -2.26. The van der Waals surface area contributed by atoms with Gasteiger partial charge >= 0.3 is 5.97 Å². The first kappa shape index (κ1) is 14.7. The van der Waals surface area contributed by atoms with E-state index in [2.05, 4.69) is 16.7 Å². The second kappa shape index (κ2) is 5.85. The molecular weight excluding hydrogens is 298 g/mol. The molecule has 0 spiro atoms. The van der Waals surface area contributed by atoms with Crippen molar-refractivity contribution >= 4 is 28.5 Å². The summed E-state index contributed by atoms with van der Waals surface area (Å²) in [7, 11) is 0. The van der Waals surface area contributed by atoms with E-state index >= 15 is 0 Å². The number of carboxylic acid groups (broad SMARTS) is 1. The maximum Gasteiger partial charge on any atom is 0.307 e. The lowest BCUT2D eigenvalue weighted by Gasteiger charge is -2.09. The zero-order valence-electron chi connectivity index (χ0n) is 12.2. The molecule has 0 fully saturated rings. The molecule has 1 N–H and O–H groups in total. The second-order valence-electron chi connectivity index (χ2n) is 5.37. The van der Waals surface area contributed by atoms with Crippen molar-refractivity contribution in [3.63, 3.8) is 0 Å². The molecule has 0 bridgehead atoms. The predicted octanol–water partition coefficient (Wildman–Crippen LogP) is 4.28. The first-order valence-electron chi connectivity index (χ1n) is 7.09. The Morgan fingerprint density at radius 1 is 1.18 bits per heavy atom. The SMILES string of the molecule is Cc1c(CC(=O)O)c2cc(Cl)ccc2n1Cc1ccccc1. The van der Waals surface area contributed by atoms with Gasteiger partial charge in [-0.25, -0.2) is 0 Å². The fraction of sp³-hybridized carbons (Fsp3) is 0.167. The summed E-state index contributed by atoms with van der Waals surface area (Å²) in [5.41, 5.74) is 4.01. The number of rotatable bonds is 4. The lowest BCUT2D eigenvalue weighted by Crippen LogP contribution is -2.05. The molecule has 0 amide bonds. The van der Waals surface area contributed by atoms with Crippen LogP contribution in [0.2, 0.25) is 5.02 Å². The van der Waals surface area contributed by atoms with Crippen LogP contribution in [0.25, 0.3) is 10.9 Å². The third-order valence-corrected chi connectivity index (χ3v) is 4.16. The molecule has 3 aromatic rings. The van der Waals surface area contributed by atoms with Gasteiger partial charge in [0.25, 0.3) is 0 Å². The van der Waals surface area contributed by atoms with Crippen molar-refractivity contribution in [1.82, 2.24) is 4.57 Å². The Labute approximate surface area is 133 Å². The van der Waals surface area contributed by atoms with Crippen LogP contribution in [0, 0.1) is 6.92 Å². The molecule has 3 nitrogen and oxygen atoms in total. The van der Waals surface area contributed by atoms with Crippen LogP contribution in [0.3, 0.4) is 0 Å². The van der Waals surface area contributed by atoms with Gasteiger partial charge in [-0.1, -0.05) is 41.9 Å². The van der Waals surface area contributed by atoms with Gasteiger partial charge in [0.1, 0.15) is 0 Å². The first-order chi connectivity index (χ1) is 10.6. The molecule has 4 heteroatoms. The smallest absolute Gasteiger partial charge is 0.307 e. The van der Waals surface area contributed by atoms with Gasteiger partial charge in [0, 0.05) is 28.2 Å². The summed E-state index contributed by atoms with van der Waals surface area (Å²) in [4.78, 5) is 11.2. The Kier molecular flexibility index (Phi) is 3.90. The molecule has 2 aromatic carbocycles. The maximum absolute atomic E-state index is 11.2. The summed E-state index contributed by atoms with van der Waals surface area (Å²) in [6, 6.07) is 15.8. The number of carboxylic acids is 1. The number of aliphatic carboxylic acids is 1. The number of aromatic nitrogens is 1. The van der Waals surface area contributed by atoms with Gasteiger partial charge in [0.15, 0.2) is 0 Å². The molecule has 0 saturated carbocycles. The molecule has 0 aliphatic carbocycles. The van der Waals surface area contributed by atoms with Gasteiger partial charge in [-0.15, -0.1) is 0 Å². The van der Waals surface area contributed by atoms with Crippen LogP contribution in [0.15, 0.2) is 48.5 Å². The van der Waals surface area contributed by atoms with E-state index < -0.39 is 5.97 Å². The minimum absolute atomic E-state index is 0.00443. The molecule has 3 rings (SSSR count). The molecule has 0 aliphatic heterocycles. The van der Waals surface area contributed by atoms with E-state index in [0.717, 1.165) is 22.2 Å². The average molecular weight is 314 g/mol. The molecule has 0 aliphatic rings. The van der Waals surface area contributed by atoms with Crippen LogP contribution in [-0.4, -0.2) is 15.6 Å². The highest BCUT2D eigenvalue weighted by atomic mass is 35.5. The Balaban J connectivity index is 2.17. The molecule has 0 radical (unpaired) electrons. The van der Waals surface area contributed by atoms with Crippen molar-refractivity contribution in [3.8, 4) is 0 Å². The zero-order valence-corrected chi connectivity index (χ0v) is 13.0. The summed E-state index contributed by atoms with van der Waals surface area (Å²) in [5.74, 6) is -0.832. The Morgan fingerprint density at radius 2 is 1.91 bits per heavy atom. The molecule has 112 valence electrons. The third-order valence-electron chi connectivity index (χ3n) is 3.93. The minimum atomic E-state index is -0.832. The van der Waals surface area contributed by atoms with Crippen molar-refractivity contribution in [3.05, 3.63) is 70.4 Å². The number of halogens is 1. The third kappa shape index (κ3) is 2.72. The van der Waals surface area contributed by atoms with Gasteiger partial charge in [-0.2, -0.15) is 0 Å². The van der Waals surface area contributed by atoms with Gasteiger partial charge in [-0.3, -0.25) is 4.79 Å². The van der Waals surface area contributed by atoms with E-state index in [-0.39, 0.29) is 6.42 Å². The molecule has 1 heterocycles. The Morgan fingerprint density at radius 3 is 2.59 bits per heavy atom. The van der Waals surface area contributed by atoms with E-state index in [0.29, 0.717) is 11.6 Å². The zero-order chi connectivity index (χ0) is 15.7. The fourth-order valence-corrected chi connectivity index (χ4v) is 3.04. The summed E-state index contributed by atoms with van der Waals surface area (Å²) in [5, 5.41) is 10.7. The van der Waals surface area contributed by atoms with Crippen LogP contribution in [-0.2, 0) is 17.8 Å². The van der Waals surface area contributed by atoms with Crippen molar-refractivity contribution < 1.29 is 9.90 Å². The van der Waals surface area contributed by atoms with Crippen LogP contribution in [0.5, 0.6) is 0 Å². The van der Waals surface area contributed by atoms with Crippen molar-refractivity contribution in [2.75, 3.05) is 0 Å². The van der Waals surface area contributed by atoms with E-state index in [1.54, 1.807) is 0 Å². The molecule has 0 unspecified atom stereocenters. The monoisotopic (exact) mass is 313 g/mol. The number of fused-ring (bicyclic) bond motifs is 1. The first-order valence-corrected chi connectivity index (χ1v) is 7.47. The summed E-state index contributed by atoms with van der Waals surface area (Å²) >= 11 is 6.09. The van der Waals surface area contributed by atoms with Gasteiger partial charge in [-0.05, 0) is 36.2 Å². The van der Waals surface area contributed by atoms with E-state index in [9.17, 15) is 9.90 Å². The molecular formula is C18H16ClNO2. The summed E-state index contributed by atoms with van der Waals surface area (Å²) in [6.45, 7) is 2.68. The average Bonchev–Trinajstić information content (AvgIpc) is 2.73. The van der Waals surface area contributed by atoms with Crippen LogP contribution >= 0.6 is 11.6 Å². The van der Waals surface area contributed by atoms with Crippen molar-refractivity contribution in [2.45, 2.75) is 19.9 Å². The van der Waals surface area contributed by atoms with Crippen LogP contribution in [0.1, 0.15) is 16.8 Å². The number of nitrogens with zero attached hydrogens (tertiary/aromatic N) is 1. The lowest BCUT2D eigenvalue weighted by atomic mass is 10.1. The fourth-order valence-electron chi connectivity index (χ4n) is 2.87. The Bertz CT molecular complexity index is 837. The number of hydrogen-bond acceptors (Lipinski definition) is 1. The van der Waals surface area contributed by atoms with E-state index in [1.807, 2.05) is 43.3 Å². The lowest BCUT2D eigenvalue weighted by molar-refractivity contribution is -0.136. The van der Waals surface area contributed by atoms with E-state index in [1.165, 1.54) is 5.56 Å². The summed E-state index contributed by atoms with van der Waals surface area (Å²) < 4.78 is 2.15. The quantitative estimate of drug-likeness (QED) is 0.781. The largest absolute Gasteiger partial charge is 0.481 e. The topological polar surface area (TPSA) is 42.2 Å². The number of benzene rings is 2. The molecule has 1 aromatic heterocycles. The van der Waals surface area contributed by atoms with Crippen molar-refractivity contribution in [2.24, 2.45) is 0 Å². The van der Waals surface area contributed by atoms with E-state index in [4.69, 9.17) is 11.6 Å². The normalized spacial score (nSPS) is 11.0. The highest BCUT2D eigenvalue weighted by Gasteiger charge is 2.16. The second-order valence-corrected chi connectivity index (χ2v) is 5.80. The van der Waals surface area contributed by atoms with Gasteiger partial charge < -0.3 is 9.67 Å². The number of hydrogen-bond donors (Lipinski definition) is 1.